The number of carbonyl (C=O) groups is 2. The van der Waals surface area contributed by atoms with Crippen molar-refractivity contribution in [1.29, 1.82) is 0 Å². The Morgan fingerprint density at radius 1 is 1.08 bits per heavy atom. The van der Waals surface area contributed by atoms with E-state index in [-0.39, 0.29) is 11.8 Å². The number of carboxylic acid groups (broad SMARTS) is 1. The van der Waals surface area contributed by atoms with Gasteiger partial charge in [0, 0.05) is 0 Å². The third-order valence-electron chi connectivity index (χ3n) is 3.69. The van der Waals surface area contributed by atoms with Crippen molar-refractivity contribution in [3.8, 4) is 5.75 Å². The lowest BCUT2D eigenvalue weighted by molar-refractivity contribution is -0.138. The molecular formula is C17H26NO6P. The SMILES string of the molecule is COC(=O)P(=O)(NC(C)C(=O)O)Oc1c(C(C)C)cccc1C(C)C. The molecule has 2 unspecified atom stereocenters. The summed E-state index contributed by atoms with van der Waals surface area (Å²) in [6, 6.07) is 4.27. The summed E-state index contributed by atoms with van der Waals surface area (Å²) < 4.78 is 23.4. The minimum Gasteiger partial charge on any atom is -0.480 e. The number of methoxy groups -OCH3 is 1. The average Bonchev–Trinajstić information content (AvgIpc) is 2.53. The summed E-state index contributed by atoms with van der Waals surface area (Å²) in [5.41, 5.74) is 0.425. The first kappa shape index (κ1) is 21.2. The number of aliphatic carboxylic acids is 1. The van der Waals surface area contributed by atoms with Crippen LogP contribution < -0.4 is 9.61 Å². The maximum Gasteiger partial charge on any atom is 0.424 e. The van der Waals surface area contributed by atoms with E-state index in [2.05, 4.69) is 9.82 Å². The molecule has 8 heteroatoms. The highest BCUT2D eigenvalue weighted by molar-refractivity contribution is 7.74. The van der Waals surface area contributed by atoms with Gasteiger partial charge in [0.05, 0.1) is 7.11 Å². The molecule has 0 fully saturated rings. The van der Waals surface area contributed by atoms with Gasteiger partial charge in [-0.25, -0.2) is 14.4 Å². The lowest BCUT2D eigenvalue weighted by atomic mass is 9.94. The summed E-state index contributed by atoms with van der Waals surface area (Å²) in [6.45, 7) is 9.07. The fourth-order valence-electron chi connectivity index (χ4n) is 2.26. The van der Waals surface area contributed by atoms with Crippen molar-refractivity contribution in [3.05, 3.63) is 29.3 Å². The number of carbonyl (C=O) groups excluding carboxylic acids is 1. The zero-order valence-corrected chi connectivity index (χ0v) is 16.3. The van der Waals surface area contributed by atoms with Gasteiger partial charge < -0.3 is 14.4 Å². The first-order valence-corrected chi connectivity index (χ1v) is 9.67. The lowest BCUT2D eigenvalue weighted by Crippen LogP contribution is -2.35. The Balaban J connectivity index is 3.45. The fourth-order valence-corrected chi connectivity index (χ4v) is 3.82. The molecule has 0 bridgehead atoms. The molecule has 0 spiro atoms. The van der Waals surface area contributed by atoms with Crippen LogP contribution in [-0.4, -0.2) is 29.9 Å². The number of nitrogens with one attached hydrogen (secondary N) is 1. The highest BCUT2D eigenvalue weighted by Crippen LogP contribution is 2.49. The molecule has 0 saturated heterocycles. The molecule has 140 valence electrons. The largest absolute Gasteiger partial charge is 0.480 e. The topological polar surface area (TPSA) is 102 Å². The Kier molecular flexibility index (Phi) is 7.20. The van der Waals surface area contributed by atoms with Gasteiger partial charge in [-0.05, 0) is 29.9 Å². The predicted molar refractivity (Wildman–Crippen MR) is 95.5 cm³/mol. The minimum absolute atomic E-state index is 0.0525. The van der Waals surface area contributed by atoms with E-state index >= 15 is 0 Å². The molecule has 1 aromatic carbocycles. The molecule has 0 radical (unpaired) electrons. The molecule has 0 aromatic heterocycles. The van der Waals surface area contributed by atoms with E-state index in [1.807, 2.05) is 45.9 Å². The van der Waals surface area contributed by atoms with Gasteiger partial charge in [0.2, 0.25) is 0 Å². The van der Waals surface area contributed by atoms with Crippen LogP contribution in [0.5, 0.6) is 5.75 Å². The van der Waals surface area contributed by atoms with E-state index in [1.54, 1.807) is 0 Å². The summed E-state index contributed by atoms with van der Waals surface area (Å²) in [5.74, 6) is -0.825. The molecule has 7 nitrogen and oxygen atoms in total. The molecule has 0 saturated carbocycles. The van der Waals surface area contributed by atoms with Crippen LogP contribution in [0.15, 0.2) is 18.2 Å². The van der Waals surface area contributed by atoms with Gasteiger partial charge in [-0.2, -0.15) is 0 Å². The normalized spacial score (nSPS) is 14.9. The second-order valence-electron chi connectivity index (χ2n) is 6.38. The van der Waals surface area contributed by atoms with Crippen LogP contribution in [-0.2, 0) is 14.1 Å². The van der Waals surface area contributed by atoms with Gasteiger partial charge in [-0.15, -0.1) is 0 Å². The summed E-state index contributed by atoms with van der Waals surface area (Å²) >= 11 is 0. The van der Waals surface area contributed by atoms with Crippen molar-refractivity contribution in [1.82, 2.24) is 5.09 Å². The Labute approximate surface area is 148 Å². The van der Waals surface area contributed by atoms with Gasteiger partial charge in [0.15, 0.2) is 0 Å². The van der Waals surface area contributed by atoms with Crippen molar-refractivity contribution in [3.63, 3.8) is 0 Å². The summed E-state index contributed by atoms with van der Waals surface area (Å²) in [6.07, 6.45) is 0. The van der Waals surface area contributed by atoms with E-state index in [0.717, 1.165) is 18.2 Å². The molecule has 0 aliphatic carbocycles. The smallest absolute Gasteiger partial charge is 0.424 e. The van der Waals surface area contributed by atoms with Crippen molar-refractivity contribution in [2.75, 3.05) is 7.11 Å². The lowest BCUT2D eigenvalue weighted by Gasteiger charge is -2.25. The van der Waals surface area contributed by atoms with Crippen molar-refractivity contribution in [2.24, 2.45) is 0 Å². The Hall–Kier alpha value is -1.85. The zero-order chi connectivity index (χ0) is 19.4. The van der Waals surface area contributed by atoms with E-state index in [9.17, 15) is 14.2 Å². The fraction of sp³-hybridized carbons (Fsp3) is 0.529. The summed E-state index contributed by atoms with van der Waals surface area (Å²) in [5, 5.41) is 11.3. The van der Waals surface area contributed by atoms with Crippen molar-refractivity contribution in [2.45, 2.75) is 52.5 Å². The van der Waals surface area contributed by atoms with E-state index in [1.165, 1.54) is 6.92 Å². The molecule has 1 aromatic rings. The molecule has 0 aliphatic rings. The first-order valence-electron chi connectivity index (χ1n) is 8.05. The summed E-state index contributed by atoms with van der Waals surface area (Å²) in [4.78, 5) is 23.2. The Bertz CT molecular complexity index is 659. The third-order valence-corrected chi connectivity index (χ3v) is 5.52. The van der Waals surface area contributed by atoms with Gasteiger partial charge in [0.25, 0.3) is 0 Å². The van der Waals surface area contributed by atoms with Crippen molar-refractivity contribution < 1.29 is 28.5 Å². The van der Waals surface area contributed by atoms with Crippen LogP contribution in [0.4, 0.5) is 4.79 Å². The van der Waals surface area contributed by atoms with Gasteiger partial charge in [-0.3, -0.25) is 4.79 Å². The zero-order valence-electron chi connectivity index (χ0n) is 15.4. The first-order chi connectivity index (χ1) is 11.5. The highest BCUT2D eigenvalue weighted by Gasteiger charge is 2.40. The molecular weight excluding hydrogens is 345 g/mol. The van der Waals surface area contributed by atoms with E-state index in [0.29, 0.717) is 5.75 Å². The second kappa shape index (κ2) is 8.50. The second-order valence-corrected chi connectivity index (χ2v) is 8.29. The molecule has 0 amide bonds. The predicted octanol–water partition coefficient (Wildman–Crippen LogP) is 4.33. The van der Waals surface area contributed by atoms with E-state index in [4.69, 9.17) is 9.63 Å². The van der Waals surface area contributed by atoms with E-state index < -0.39 is 25.2 Å². The number of carboxylic acids is 1. The average molecular weight is 371 g/mol. The number of hydrogen-bond acceptors (Lipinski definition) is 5. The number of ether oxygens (including phenoxy) is 1. The minimum atomic E-state index is -4.27. The quantitative estimate of drug-likeness (QED) is 0.656. The Morgan fingerprint density at radius 2 is 1.56 bits per heavy atom. The van der Waals surface area contributed by atoms with Crippen LogP contribution >= 0.6 is 7.52 Å². The molecule has 1 rings (SSSR count). The van der Waals surface area contributed by atoms with Crippen molar-refractivity contribution >= 4 is 19.2 Å². The number of benzene rings is 1. The van der Waals surface area contributed by atoms with Crippen LogP contribution in [0.1, 0.15) is 57.6 Å². The van der Waals surface area contributed by atoms with Crippen LogP contribution in [0, 0.1) is 0 Å². The molecule has 2 atom stereocenters. The van der Waals surface area contributed by atoms with Gasteiger partial charge in [0.1, 0.15) is 11.8 Å². The van der Waals surface area contributed by atoms with Crippen LogP contribution in [0.25, 0.3) is 0 Å². The standard InChI is InChI=1S/C17H26NO6P/c1-10(2)13-8-7-9-14(11(3)4)15(13)24-25(22,17(21)23-6)18-12(5)16(19)20/h7-12H,1-6H3,(H,18,22)(H,19,20). The third kappa shape index (κ3) is 5.06. The van der Waals surface area contributed by atoms with Crippen LogP contribution in [0.3, 0.4) is 0 Å². The Morgan fingerprint density at radius 3 is 1.92 bits per heavy atom. The van der Waals surface area contributed by atoms with Crippen LogP contribution in [0.2, 0.25) is 0 Å². The molecule has 0 aliphatic heterocycles. The number of hydrogen-bond donors (Lipinski definition) is 2. The summed E-state index contributed by atoms with van der Waals surface area (Å²) in [7, 11) is -3.19. The maximum atomic E-state index is 13.1. The highest BCUT2D eigenvalue weighted by atomic mass is 31.2. The molecule has 2 N–H and O–H groups in total. The number of para-hydroxylation sites is 1. The molecule has 25 heavy (non-hydrogen) atoms. The number of rotatable bonds is 8. The van der Waals surface area contributed by atoms with Gasteiger partial charge >= 0.3 is 19.2 Å². The monoisotopic (exact) mass is 371 g/mol. The molecule has 0 heterocycles. The van der Waals surface area contributed by atoms with Gasteiger partial charge in [-0.1, -0.05) is 45.9 Å². The maximum absolute atomic E-state index is 13.1.